The molecule has 2 unspecified atom stereocenters. The summed E-state index contributed by atoms with van der Waals surface area (Å²) in [7, 11) is -0.289. The van der Waals surface area contributed by atoms with E-state index < -0.39 is 0 Å². The van der Waals surface area contributed by atoms with Gasteiger partial charge in [0.2, 0.25) is 0 Å². The van der Waals surface area contributed by atoms with Crippen LogP contribution in [0.2, 0.25) is 10.0 Å². The van der Waals surface area contributed by atoms with E-state index >= 15 is 0 Å². The second kappa shape index (κ2) is 19.0. The summed E-state index contributed by atoms with van der Waals surface area (Å²) in [5.74, 6) is 2.91. The normalized spacial score (nSPS) is 17.8. The highest BCUT2D eigenvalue weighted by Gasteiger charge is 2.51. The summed E-state index contributed by atoms with van der Waals surface area (Å²) >= 11 is 11.6. The van der Waals surface area contributed by atoms with Crippen molar-refractivity contribution in [1.82, 2.24) is 0 Å². The Morgan fingerprint density at radius 3 is 1.64 bits per heavy atom. The van der Waals surface area contributed by atoms with E-state index in [9.17, 15) is 0 Å². The van der Waals surface area contributed by atoms with Gasteiger partial charge in [-0.2, -0.15) is 28.8 Å². The van der Waals surface area contributed by atoms with Gasteiger partial charge in [0.1, 0.15) is 17.1 Å². The van der Waals surface area contributed by atoms with Crippen molar-refractivity contribution in [3.05, 3.63) is 87.6 Å². The van der Waals surface area contributed by atoms with E-state index in [0.717, 1.165) is 56.8 Å². The van der Waals surface area contributed by atoms with Crippen LogP contribution in [0.25, 0.3) is 11.0 Å². The lowest BCUT2D eigenvalue weighted by atomic mass is 9.77. The summed E-state index contributed by atoms with van der Waals surface area (Å²) in [6, 6.07) is 17.6. The van der Waals surface area contributed by atoms with Gasteiger partial charge in [0.05, 0.1) is 30.7 Å². The molecular formula is C36H37BCl2O11. The van der Waals surface area contributed by atoms with Crippen molar-refractivity contribution in [2.75, 3.05) is 13.2 Å². The molecule has 0 N–H and O–H groups in total. The fourth-order valence-corrected chi connectivity index (χ4v) is 5.34. The van der Waals surface area contributed by atoms with Crippen molar-refractivity contribution in [3.8, 4) is 11.5 Å². The second-order valence-electron chi connectivity index (χ2n) is 12.3. The number of halogens is 2. The zero-order valence-corrected chi connectivity index (χ0v) is 30.2. The highest BCUT2D eigenvalue weighted by Crippen LogP contribution is 2.38. The van der Waals surface area contributed by atoms with Crippen molar-refractivity contribution in [2.24, 2.45) is 0 Å². The molecule has 0 bridgehead atoms. The van der Waals surface area contributed by atoms with Crippen LogP contribution in [0.15, 0.2) is 65.3 Å². The lowest BCUT2D eigenvalue weighted by Crippen LogP contribution is -2.41. The molecule has 0 aliphatic carbocycles. The first-order valence-electron chi connectivity index (χ1n) is 15.2. The predicted octanol–water partition coefficient (Wildman–Crippen LogP) is 6.96. The third-order valence-corrected chi connectivity index (χ3v) is 8.77. The van der Waals surface area contributed by atoms with E-state index in [4.69, 9.17) is 75.2 Å². The average molecular weight is 727 g/mol. The molecule has 0 amide bonds. The topological polar surface area (TPSA) is 152 Å². The number of furan rings is 1. The van der Waals surface area contributed by atoms with Gasteiger partial charge in [-0.15, -0.1) is 0 Å². The minimum absolute atomic E-state index is 0.250. The Bertz CT molecular complexity index is 1790. The molecule has 14 heteroatoms. The minimum atomic E-state index is -0.293. The molecule has 3 aromatic carbocycles. The molecular weight excluding hydrogens is 690 g/mol. The summed E-state index contributed by atoms with van der Waals surface area (Å²) in [4.78, 5) is 48.8. The Morgan fingerprint density at radius 2 is 1.12 bits per heavy atom. The van der Waals surface area contributed by atoms with Gasteiger partial charge in [0.15, 0.2) is 0 Å². The molecule has 2 atom stereocenters. The fraction of sp³-hybridized carbons (Fsp3) is 0.361. The maximum Gasteiger partial charge on any atom is 0.494 e. The SMILES string of the molecule is CC1COc2ccc(B3OC(C)(C)C(C)(C)O3)cc21.CC1COc2ccc(Cl)cc21.Cc1coc2ccc(Cl)cc12.O=C=O.O=C=O.O=C=O. The number of carbonyl (C=O) groups excluding carboxylic acids is 6. The van der Waals surface area contributed by atoms with Crippen LogP contribution >= 0.6 is 23.2 Å². The van der Waals surface area contributed by atoms with E-state index in [-0.39, 0.29) is 36.8 Å². The standard InChI is InChI=1S/C15H21BO3.C9H9ClO.C9H7ClO.3CO2/c1-10-9-17-13-7-6-11(8-12(10)13)16-18-14(2,3)15(4,5)19-16;2*1-6-5-11-9-3-2-7(10)4-8(6)9;3*2-1-3/h6-8,10H,9H2,1-5H3;2-4,6H,5H2,1H3;2-5H,1H3;;;. The van der Waals surface area contributed by atoms with Gasteiger partial charge < -0.3 is 23.2 Å². The van der Waals surface area contributed by atoms with Gasteiger partial charge in [-0.25, -0.2) is 0 Å². The Hall–Kier alpha value is -4.50. The first-order chi connectivity index (χ1) is 23.6. The molecule has 3 aliphatic rings. The van der Waals surface area contributed by atoms with Gasteiger partial charge >= 0.3 is 25.6 Å². The van der Waals surface area contributed by atoms with Crippen LogP contribution in [0.3, 0.4) is 0 Å². The first-order valence-corrected chi connectivity index (χ1v) is 16.0. The van der Waals surface area contributed by atoms with Crippen LogP contribution in [0.5, 0.6) is 11.5 Å². The Kier molecular flexibility index (Phi) is 15.9. The monoisotopic (exact) mass is 726 g/mol. The number of ether oxygens (including phenoxy) is 2. The van der Waals surface area contributed by atoms with E-state index in [1.807, 2.05) is 55.5 Å². The molecule has 0 radical (unpaired) electrons. The summed E-state index contributed by atoms with van der Waals surface area (Å²) in [6.45, 7) is 16.2. The van der Waals surface area contributed by atoms with Crippen molar-refractivity contribution in [3.63, 3.8) is 0 Å². The fourth-order valence-electron chi connectivity index (χ4n) is 4.98. The maximum atomic E-state index is 8.12. The molecule has 1 fully saturated rings. The molecule has 7 rings (SSSR count). The van der Waals surface area contributed by atoms with Crippen LogP contribution in [0, 0.1) is 6.92 Å². The average Bonchev–Trinajstić information content (AvgIpc) is 3.79. The molecule has 0 spiro atoms. The highest BCUT2D eigenvalue weighted by molar-refractivity contribution is 6.62. The smallest absolute Gasteiger partial charge is 0.493 e. The van der Waals surface area contributed by atoms with E-state index in [1.54, 1.807) is 6.26 Å². The van der Waals surface area contributed by atoms with Crippen LogP contribution in [-0.2, 0) is 38.1 Å². The van der Waals surface area contributed by atoms with E-state index in [1.165, 1.54) is 11.1 Å². The van der Waals surface area contributed by atoms with Crippen LogP contribution in [-0.4, -0.2) is 50.0 Å². The van der Waals surface area contributed by atoms with Crippen molar-refractivity contribution >= 4 is 65.2 Å². The van der Waals surface area contributed by atoms with Gasteiger partial charge in [-0.1, -0.05) is 49.2 Å². The van der Waals surface area contributed by atoms with E-state index in [0.29, 0.717) is 11.8 Å². The first kappa shape index (κ1) is 41.7. The summed E-state index contributed by atoms with van der Waals surface area (Å²) in [5, 5.41) is 2.64. The summed E-state index contributed by atoms with van der Waals surface area (Å²) in [6.07, 6.45) is 2.49. The molecule has 3 aliphatic heterocycles. The number of hydrogen-bond acceptors (Lipinski definition) is 11. The van der Waals surface area contributed by atoms with Gasteiger partial charge in [0.25, 0.3) is 0 Å². The highest BCUT2D eigenvalue weighted by atomic mass is 35.5. The third-order valence-electron chi connectivity index (χ3n) is 8.30. The Balaban J connectivity index is 0.000000241. The largest absolute Gasteiger partial charge is 0.494 e. The number of rotatable bonds is 1. The molecule has 0 saturated carbocycles. The zero-order chi connectivity index (χ0) is 37.6. The number of fused-ring (bicyclic) bond motifs is 3. The van der Waals surface area contributed by atoms with Gasteiger partial charge in [0, 0.05) is 32.8 Å². The van der Waals surface area contributed by atoms with Crippen LogP contribution in [0.1, 0.15) is 70.1 Å². The Labute approximate surface area is 300 Å². The van der Waals surface area contributed by atoms with Crippen molar-refractivity contribution in [2.45, 2.75) is 71.5 Å². The molecule has 264 valence electrons. The maximum absolute atomic E-state index is 8.12. The van der Waals surface area contributed by atoms with E-state index in [2.05, 4.69) is 47.6 Å². The van der Waals surface area contributed by atoms with Crippen LogP contribution < -0.4 is 14.9 Å². The molecule has 1 saturated heterocycles. The number of benzene rings is 3. The molecule has 4 heterocycles. The zero-order valence-electron chi connectivity index (χ0n) is 28.7. The summed E-state index contributed by atoms with van der Waals surface area (Å²) in [5.41, 5.74) is 5.01. The second-order valence-corrected chi connectivity index (χ2v) is 13.2. The van der Waals surface area contributed by atoms with Crippen LogP contribution in [0.4, 0.5) is 0 Å². The molecule has 1 aromatic heterocycles. The number of hydrogen-bond donors (Lipinski definition) is 0. The quantitative estimate of drug-likeness (QED) is 0.187. The van der Waals surface area contributed by atoms with Gasteiger partial charge in [-0.05, 0) is 93.7 Å². The minimum Gasteiger partial charge on any atom is -0.493 e. The third kappa shape index (κ3) is 11.0. The number of aryl methyl sites for hydroxylation is 1. The lowest BCUT2D eigenvalue weighted by Gasteiger charge is -2.32. The molecule has 50 heavy (non-hydrogen) atoms. The van der Waals surface area contributed by atoms with Crippen molar-refractivity contribution in [1.29, 1.82) is 0 Å². The predicted molar refractivity (Wildman–Crippen MR) is 182 cm³/mol. The lowest BCUT2D eigenvalue weighted by molar-refractivity contribution is -0.193. The molecule has 11 nitrogen and oxygen atoms in total. The molecule has 4 aromatic rings. The van der Waals surface area contributed by atoms with Crippen molar-refractivity contribution < 1.29 is 52.0 Å². The Morgan fingerprint density at radius 1 is 0.680 bits per heavy atom. The summed E-state index contributed by atoms with van der Waals surface area (Å²) < 4.78 is 28.4. The van der Waals surface area contributed by atoms with Gasteiger partial charge in [-0.3, -0.25) is 0 Å².